The van der Waals surface area contributed by atoms with Gasteiger partial charge in [0.1, 0.15) is 6.61 Å². The Bertz CT molecular complexity index is 838. The van der Waals surface area contributed by atoms with Gasteiger partial charge in [0.05, 0.1) is 6.61 Å². The summed E-state index contributed by atoms with van der Waals surface area (Å²) in [5.74, 6) is -0.942. The molecule has 0 amide bonds. The lowest BCUT2D eigenvalue weighted by molar-refractivity contribution is -0.161. The molecule has 8 nitrogen and oxygen atoms in total. The highest BCUT2D eigenvalue weighted by Gasteiger charge is 2.22. The lowest BCUT2D eigenvalue weighted by atomic mass is 10.1. The van der Waals surface area contributed by atoms with E-state index in [1.54, 1.807) is 0 Å². The number of rotatable bonds is 36. The zero-order valence-electron chi connectivity index (χ0n) is 30.9. The maximum Gasteiger partial charge on any atom is 0.469 e. The molecule has 0 aromatic carbocycles. The highest BCUT2D eigenvalue weighted by molar-refractivity contribution is 7.46. The van der Waals surface area contributed by atoms with Crippen molar-refractivity contribution in [3.63, 3.8) is 0 Å². The molecule has 48 heavy (non-hydrogen) atoms. The molecule has 2 N–H and O–H groups in total. The van der Waals surface area contributed by atoms with Crippen LogP contribution in [0.5, 0.6) is 0 Å². The second kappa shape index (κ2) is 35.4. The molecule has 0 spiro atoms. The van der Waals surface area contributed by atoms with Crippen LogP contribution in [0.2, 0.25) is 0 Å². The molecule has 0 heterocycles. The molecule has 0 saturated heterocycles. The van der Waals surface area contributed by atoms with E-state index in [4.69, 9.17) is 19.3 Å². The summed E-state index contributed by atoms with van der Waals surface area (Å²) in [7, 11) is -4.75. The number of hydrogen-bond acceptors (Lipinski definition) is 6. The Morgan fingerprint density at radius 3 is 1.38 bits per heavy atom. The molecule has 0 rings (SSSR count). The Morgan fingerprint density at radius 1 is 0.521 bits per heavy atom. The SMILES string of the molecule is CCCCCC/C=C/CCCCCCCCCC(=O)O[C@H](COC(=O)CC/C=C/CCCCCCCCCCCCC)COP(=O)(O)O. The van der Waals surface area contributed by atoms with Crippen LogP contribution in [0.3, 0.4) is 0 Å². The van der Waals surface area contributed by atoms with Gasteiger partial charge in [0.25, 0.3) is 0 Å². The van der Waals surface area contributed by atoms with Crippen LogP contribution in [0.25, 0.3) is 0 Å². The monoisotopic (exact) mass is 701 g/mol. The van der Waals surface area contributed by atoms with Gasteiger partial charge in [-0.25, -0.2) is 4.57 Å². The molecule has 0 fully saturated rings. The van der Waals surface area contributed by atoms with Crippen molar-refractivity contribution in [3.8, 4) is 0 Å². The van der Waals surface area contributed by atoms with Crippen LogP contribution < -0.4 is 0 Å². The largest absolute Gasteiger partial charge is 0.469 e. The number of carbonyl (C=O) groups is 2. The van der Waals surface area contributed by atoms with E-state index in [2.05, 4.69) is 36.6 Å². The summed E-state index contributed by atoms with van der Waals surface area (Å²) >= 11 is 0. The number of allylic oxidation sites excluding steroid dienone is 4. The van der Waals surface area contributed by atoms with Gasteiger partial charge in [-0.15, -0.1) is 0 Å². The van der Waals surface area contributed by atoms with Crippen molar-refractivity contribution < 1.29 is 37.9 Å². The maximum absolute atomic E-state index is 12.4. The molecule has 1 atom stereocenters. The molecule has 0 radical (unpaired) electrons. The summed E-state index contributed by atoms with van der Waals surface area (Å²) < 4.78 is 26.3. The third-order valence-electron chi connectivity index (χ3n) is 8.46. The zero-order valence-corrected chi connectivity index (χ0v) is 31.8. The van der Waals surface area contributed by atoms with E-state index in [0.717, 1.165) is 38.5 Å². The van der Waals surface area contributed by atoms with Gasteiger partial charge in [-0.2, -0.15) is 0 Å². The van der Waals surface area contributed by atoms with Gasteiger partial charge in [-0.1, -0.05) is 154 Å². The lowest BCUT2D eigenvalue weighted by Crippen LogP contribution is -2.29. The Kier molecular flexibility index (Phi) is 34.3. The van der Waals surface area contributed by atoms with Crippen LogP contribution in [-0.4, -0.2) is 41.0 Å². The van der Waals surface area contributed by atoms with Crippen LogP contribution in [0.1, 0.15) is 194 Å². The predicted molar refractivity (Wildman–Crippen MR) is 198 cm³/mol. The van der Waals surface area contributed by atoms with Crippen LogP contribution in [0, 0.1) is 0 Å². The van der Waals surface area contributed by atoms with E-state index in [1.807, 2.05) is 6.08 Å². The van der Waals surface area contributed by atoms with E-state index in [9.17, 15) is 14.2 Å². The molecule has 0 aliphatic carbocycles. The van der Waals surface area contributed by atoms with E-state index < -0.39 is 32.5 Å². The average Bonchev–Trinajstić information content (AvgIpc) is 3.05. The second-order valence-electron chi connectivity index (χ2n) is 13.2. The van der Waals surface area contributed by atoms with Gasteiger partial charge in [0, 0.05) is 12.8 Å². The number of carbonyl (C=O) groups excluding carboxylic acids is 2. The average molecular weight is 701 g/mol. The highest BCUT2D eigenvalue weighted by Crippen LogP contribution is 2.36. The van der Waals surface area contributed by atoms with Crippen molar-refractivity contribution in [2.45, 2.75) is 200 Å². The summed E-state index contributed by atoms with van der Waals surface area (Å²) in [4.78, 5) is 42.7. The van der Waals surface area contributed by atoms with E-state index in [-0.39, 0.29) is 19.4 Å². The minimum absolute atomic E-state index is 0.185. The Labute approximate surface area is 294 Å². The fourth-order valence-corrected chi connectivity index (χ4v) is 5.86. The van der Waals surface area contributed by atoms with Gasteiger partial charge in [-0.05, 0) is 51.4 Å². The molecule has 0 aliphatic heterocycles. The molecule has 9 heteroatoms. The maximum atomic E-state index is 12.4. The number of ether oxygens (including phenoxy) is 2. The standard InChI is InChI=1S/C39H73O8P/c1-3-5-7-9-11-13-15-17-19-21-23-25-27-29-31-33-38(40)45-35-37(36-46-48(42,43)44)47-39(41)34-32-30-28-26-24-22-20-18-16-14-12-10-8-6-4-2/h14,16,27,29,37H,3-13,15,17-26,28,30-36H2,1-2H3,(H2,42,43,44)/b16-14+,29-27+/t37-/m1/s1. The summed E-state index contributed by atoms with van der Waals surface area (Å²) in [6.07, 6.45) is 39.1. The fourth-order valence-electron chi connectivity index (χ4n) is 5.50. The quantitative estimate of drug-likeness (QED) is 0.0287. The van der Waals surface area contributed by atoms with E-state index >= 15 is 0 Å². The van der Waals surface area contributed by atoms with Crippen molar-refractivity contribution in [2.24, 2.45) is 0 Å². The highest BCUT2D eigenvalue weighted by atomic mass is 31.2. The van der Waals surface area contributed by atoms with Crippen molar-refractivity contribution in [2.75, 3.05) is 13.2 Å². The predicted octanol–water partition coefficient (Wildman–Crippen LogP) is 11.6. The molecule has 0 aromatic rings. The molecular formula is C39H73O8P. The van der Waals surface area contributed by atoms with Gasteiger partial charge in [0.15, 0.2) is 6.10 Å². The fraction of sp³-hybridized carbons (Fsp3) is 0.846. The minimum atomic E-state index is -4.75. The molecular weight excluding hydrogens is 627 g/mol. The van der Waals surface area contributed by atoms with Gasteiger partial charge >= 0.3 is 19.8 Å². The third-order valence-corrected chi connectivity index (χ3v) is 8.94. The molecule has 282 valence electrons. The number of phosphoric ester groups is 1. The lowest BCUT2D eigenvalue weighted by Gasteiger charge is -2.18. The number of esters is 2. The number of phosphoric acid groups is 1. The molecule has 0 aliphatic rings. The summed E-state index contributed by atoms with van der Waals surface area (Å²) in [6, 6.07) is 0. The van der Waals surface area contributed by atoms with Crippen LogP contribution in [-0.2, 0) is 28.2 Å². The molecule has 0 aromatic heterocycles. The summed E-state index contributed by atoms with van der Waals surface area (Å²) in [6.45, 7) is 3.64. The first kappa shape index (κ1) is 46.5. The third kappa shape index (κ3) is 37.4. The summed E-state index contributed by atoms with van der Waals surface area (Å²) in [5, 5.41) is 0. The smallest absolute Gasteiger partial charge is 0.462 e. The first-order chi connectivity index (χ1) is 23.3. The van der Waals surface area contributed by atoms with Crippen molar-refractivity contribution in [1.29, 1.82) is 0 Å². The van der Waals surface area contributed by atoms with Crippen LogP contribution in [0.4, 0.5) is 0 Å². The first-order valence-corrected chi connectivity index (χ1v) is 21.2. The molecule has 0 bridgehead atoms. The van der Waals surface area contributed by atoms with E-state index in [1.165, 1.54) is 116 Å². The number of hydrogen-bond donors (Lipinski definition) is 2. The first-order valence-electron chi connectivity index (χ1n) is 19.6. The van der Waals surface area contributed by atoms with Gasteiger partial charge in [-0.3, -0.25) is 14.1 Å². The normalized spacial score (nSPS) is 12.7. The minimum Gasteiger partial charge on any atom is -0.462 e. The Hall–Kier alpha value is -1.47. The molecule has 0 saturated carbocycles. The second-order valence-corrected chi connectivity index (χ2v) is 14.5. The van der Waals surface area contributed by atoms with Crippen molar-refractivity contribution >= 4 is 19.8 Å². The van der Waals surface area contributed by atoms with E-state index in [0.29, 0.717) is 12.8 Å². The Balaban J connectivity index is 3.98. The Morgan fingerprint density at radius 2 is 0.917 bits per heavy atom. The van der Waals surface area contributed by atoms with Crippen molar-refractivity contribution in [3.05, 3.63) is 24.3 Å². The van der Waals surface area contributed by atoms with Crippen molar-refractivity contribution in [1.82, 2.24) is 0 Å². The zero-order chi connectivity index (χ0) is 35.4. The van der Waals surface area contributed by atoms with Crippen LogP contribution in [0.15, 0.2) is 24.3 Å². The molecule has 0 unspecified atom stereocenters. The summed E-state index contributed by atoms with van der Waals surface area (Å²) in [5.41, 5.74) is 0. The van der Waals surface area contributed by atoms with Crippen LogP contribution >= 0.6 is 7.82 Å². The van der Waals surface area contributed by atoms with Gasteiger partial charge < -0.3 is 19.3 Å². The van der Waals surface area contributed by atoms with Gasteiger partial charge in [0.2, 0.25) is 0 Å². The number of unbranched alkanes of at least 4 members (excludes halogenated alkanes) is 22. The topological polar surface area (TPSA) is 119 Å².